The van der Waals surface area contributed by atoms with E-state index in [1.54, 1.807) is 6.33 Å². The van der Waals surface area contributed by atoms with E-state index in [1.807, 2.05) is 19.9 Å². The fourth-order valence-electron chi connectivity index (χ4n) is 3.05. The standard InChI is InChI=1S/C16H18N4O2/c1-9-6-10(2)20-16-12(9)13-14(22-16)15(19-8-18-13)17-7-11-4-3-5-21-11/h6,8,11H,3-5,7H2,1-2H3,(H,17,18,19). The van der Waals surface area contributed by atoms with Crippen molar-refractivity contribution in [2.24, 2.45) is 0 Å². The molecule has 1 N–H and O–H groups in total. The highest BCUT2D eigenvalue weighted by Gasteiger charge is 2.19. The predicted octanol–water partition coefficient (Wildman–Crippen LogP) is 2.98. The first-order chi connectivity index (χ1) is 10.7. The number of anilines is 1. The van der Waals surface area contributed by atoms with Crippen LogP contribution in [-0.2, 0) is 4.74 Å². The molecule has 3 aromatic rings. The van der Waals surface area contributed by atoms with Gasteiger partial charge in [0.05, 0.1) is 11.5 Å². The minimum atomic E-state index is 0.247. The molecule has 0 aliphatic carbocycles. The number of nitrogens with one attached hydrogen (secondary N) is 1. The number of ether oxygens (including phenoxy) is 1. The Hall–Kier alpha value is -2.21. The summed E-state index contributed by atoms with van der Waals surface area (Å²) in [4.78, 5) is 13.2. The minimum Gasteiger partial charge on any atom is -0.432 e. The first-order valence-electron chi connectivity index (χ1n) is 7.59. The van der Waals surface area contributed by atoms with Gasteiger partial charge in [-0.1, -0.05) is 0 Å². The van der Waals surface area contributed by atoms with Crippen molar-refractivity contribution in [3.63, 3.8) is 0 Å². The average Bonchev–Trinajstić information content (AvgIpc) is 3.11. The Morgan fingerprint density at radius 2 is 2.23 bits per heavy atom. The molecule has 1 atom stereocenters. The maximum atomic E-state index is 5.92. The van der Waals surface area contributed by atoms with Crippen LogP contribution in [-0.4, -0.2) is 34.2 Å². The maximum Gasteiger partial charge on any atom is 0.229 e. The molecule has 6 nitrogen and oxygen atoms in total. The highest BCUT2D eigenvalue weighted by molar-refractivity contribution is 6.05. The SMILES string of the molecule is Cc1cc(C)c2c(n1)oc1c(NCC3CCCO3)ncnc12. The van der Waals surface area contributed by atoms with Gasteiger partial charge in [0.15, 0.2) is 11.4 Å². The summed E-state index contributed by atoms with van der Waals surface area (Å²) in [6.07, 6.45) is 4.02. The molecule has 3 aromatic heterocycles. The average molecular weight is 298 g/mol. The summed E-state index contributed by atoms with van der Waals surface area (Å²) in [6.45, 7) is 5.59. The molecule has 114 valence electrons. The third-order valence-electron chi connectivity index (χ3n) is 4.07. The molecule has 22 heavy (non-hydrogen) atoms. The molecule has 1 saturated heterocycles. The number of nitrogens with zero attached hydrogens (tertiary/aromatic N) is 3. The van der Waals surface area contributed by atoms with E-state index in [4.69, 9.17) is 9.15 Å². The summed E-state index contributed by atoms with van der Waals surface area (Å²) in [5.41, 5.74) is 4.14. The van der Waals surface area contributed by atoms with Crippen LogP contribution in [0.15, 0.2) is 16.8 Å². The van der Waals surface area contributed by atoms with E-state index in [2.05, 4.69) is 20.3 Å². The van der Waals surface area contributed by atoms with Gasteiger partial charge < -0.3 is 14.5 Å². The van der Waals surface area contributed by atoms with Crippen molar-refractivity contribution >= 4 is 28.0 Å². The maximum absolute atomic E-state index is 5.92. The topological polar surface area (TPSA) is 73.1 Å². The normalized spacial score (nSPS) is 18.4. The number of rotatable bonds is 3. The monoisotopic (exact) mass is 298 g/mol. The fourth-order valence-corrected chi connectivity index (χ4v) is 3.05. The van der Waals surface area contributed by atoms with E-state index in [9.17, 15) is 0 Å². The molecule has 0 radical (unpaired) electrons. The van der Waals surface area contributed by atoms with Crippen molar-refractivity contribution in [2.75, 3.05) is 18.5 Å². The Morgan fingerprint density at radius 3 is 3.05 bits per heavy atom. The zero-order chi connectivity index (χ0) is 15.1. The third-order valence-corrected chi connectivity index (χ3v) is 4.07. The predicted molar refractivity (Wildman–Crippen MR) is 84.0 cm³/mol. The first kappa shape index (κ1) is 13.5. The summed E-state index contributed by atoms with van der Waals surface area (Å²) in [7, 11) is 0. The Labute approximate surface area is 127 Å². The lowest BCUT2D eigenvalue weighted by atomic mass is 10.1. The van der Waals surface area contributed by atoms with Gasteiger partial charge in [0.25, 0.3) is 0 Å². The van der Waals surface area contributed by atoms with Crippen molar-refractivity contribution in [1.29, 1.82) is 0 Å². The number of pyridine rings is 1. The van der Waals surface area contributed by atoms with Crippen LogP contribution >= 0.6 is 0 Å². The van der Waals surface area contributed by atoms with Gasteiger partial charge in [-0.25, -0.2) is 15.0 Å². The Balaban J connectivity index is 1.77. The lowest BCUT2D eigenvalue weighted by molar-refractivity contribution is 0.120. The molecule has 4 rings (SSSR count). The molecule has 6 heteroatoms. The second kappa shape index (κ2) is 5.21. The molecule has 4 heterocycles. The number of fused-ring (bicyclic) bond motifs is 3. The minimum absolute atomic E-state index is 0.247. The molecule has 1 fully saturated rings. The summed E-state index contributed by atoms with van der Waals surface area (Å²) >= 11 is 0. The number of furan rings is 1. The number of aromatic nitrogens is 3. The molecule has 1 unspecified atom stereocenters. The molecular formula is C16H18N4O2. The van der Waals surface area contributed by atoms with E-state index >= 15 is 0 Å². The highest BCUT2D eigenvalue weighted by atomic mass is 16.5. The van der Waals surface area contributed by atoms with Gasteiger partial charge in [-0.3, -0.25) is 0 Å². The fraction of sp³-hybridized carbons (Fsp3) is 0.438. The third kappa shape index (κ3) is 2.20. The van der Waals surface area contributed by atoms with E-state index in [1.165, 1.54) is 0 Å². The van der Waals surface area contributed by atoms with Gasteiger partial charge >= 0.3 is 0 Å². The summed E-state index contributed by atoms with van der Waals surface area (Å²) in [5.74, 6) is 0.704. The van der Waals surface area contributed by atoms with E-state index < -0.39 is 0 Å². The second-order valence-corrected chi connectivity index (χ2v) is 5.78. The Kier molecular flexibility index (Phi) is 3.18. The molecule has 0 aromatic carbocycles. The van der Waals surface area contributed by atoms with E-state index in [0.29, 0.717) is 17.1 Å². The number of aryl methyl sites for hydroxylation is 2. The second-order valence-electron chi connectivity index (χ2n) is 5.78. The van der Waals surface area contributed by atoms with Gasteiger partial charge in [-0.05, 0) is 38.3 Å². The molecule has 0 amide bonds. The zero-order valence-corrected chi connectivity index (χ0v) is 12.7. The summed E-state index contributed by atoms with van der Waals surface area (Å²) < 4.78 is 11.6. The smallest absolute Gasteiger partial charge is 0.229 e. The Morgan fingerprint density at radius 1 is 1.32 bits per heavy atom. The molecule has 1 aliphatic rings. The van der Waals surface area contributed by atoms with Gasteiger partial charge in [0.1, 0.15) is 11.8 Å². The van der Waals surface area contributed by atoms with Crippen LogP contribution in [0.25, 0.3) is 22.2 Å². The number of hydrogen-bond donors (Lipinski definition) is 1. The van der Waals surface area contributed by atoms with E-state index in [-0.39, 0.29) is 6.10 Å². The van der Waals surface area contributed by atoms with Crippen LogP contribution in [0.5, 0.6) is 0 Å². The van der Waals surface area contributed by atoms with Crippen LogP contribution in [0.2, 0.25) is 0 Å². The summed E-state index contributed by atoms with van der Waals surface area (Å²) in [6, 6.07) is 2.04. The molecule has 0 spiro atoms. The van der Waals surface area contributed by atoms with Gasteiger partial charge in [-0.2, -0.15) is 0 Å². The van der Waals surface area contributed by atoms with E-state index in [0.717, 1.165) is 48.2 Å². The zero-order valence-electron chi connectivity index (χ0n) is 12.7. The van der Waals surface area contributed by atoms with Crippen molar-refractivity contribution in [2.45, 2.75) is 32.8 Å². The molecule has 0 saturated carbocycles. The van der Waals surface area contributed by atoms with Crippen molar-refractivity contribution in [3.8, 4) is 0 Å². The van der Waals surface area contributed by atoms with Crippen molar-refractivity contribution < 1.29 is 9.15 Å². The van der Waals surface area contributed by atoms with Crippen molar-refractivity contribution in [1.82, 2.24) is 15.0 Å². The lowest BCUT2D eigenvalue weighted by Crippen LogP contribution is -2.19. The van der Waals surface area contributed by atoms with Crippen molar-refractivity contribution in [3.05, 3.63) is 23.7 Å². The van der Waals surface area contributed by atoms with Crippen LogP contribution in [0.4, 0.5) is 5.82 Å². The van der Waals surface area contributed by atoms with Crippen LogP contribution in [0, 0.1) is 13.8 Å². The Bertz CT molecular complexity index is 837. The van der Waals surface area contributed by atoms with Gasteiger partial charge in [0.2, 0.25) is 5.71 Å². The highest BCUT2D eigenvalue weighted by Crippen LogP contribution is 2.32. The molecule has 0 bridgehead atoms. The largest absolute Gasteiger partial charge is 0.432 e. The first-order valence-corrected chi connectivity index (χ1v) is 7.59. The number of hydrogen-bond acceptors (Lipinski definition) is 6. The summed E-state index contributed by atoms with van der Waals surface area (Å²) in [5, 5.41) is 4.29. The molecular weight excluding hydrogens is 280 g/mol. The molecule has 1 aliphatic heterocycles. The lowest BCUT2D eigenvalue weighted by Gasteiger charge is -2.10. The van der Waals surface area contributed by atoms with Crippen LogP contribution in [0.1, 0.15) is 24.1 Å². The van der Waals surface area contributed by atoms with Crippen LogP contribution < -0.4 is 5.32 Å². The van der Waals surface area contributed by atoms with Gasteiger partial charge in [-0.15, -0.1) is 0 Å². The van der Waals surface area contributed by atoms with Crippen LogP contribution in [0.3, 0.4) is 0 Å². The van der Waals surface area contributed by atoms with Gasteiger partial charge in [0, 0.05) is 18.8 Å². The quantitative estimate of drug-likeness (QED) is 0.801.